The predicted octanol–water partition coefficient (Wildman–Crippen LogP) is 4.42. The number of rotatable bonds is 8. The molecular formula is C20H24N4O3S2. The van der Waals surface area contributed by atoms with E-state index in [9.17, 15) is 4.79 Å². The predicted molar refractivity (Wildman–Crippen MR) is 117 cm³/mol. The number of carbonyl (C=O) groups excluding carboxylic acids is 1. The Morgan fingerprint density at radius 3 is 2.69 bits per heavy atom. The summed E-state index contributed by atoms with van der Waals surface area (Å²) in [5, 5.41) is 14.2. The van der Waals surface area contributed by atoms with Crippen molar-refractivity contribution in [2.75, 3.05) is 25.3 Å². The molecule has 1 aromatic carbocycles. The number of anilines is 1. The quantitative estimate of drug-likeness (QED) is 0.531. The summed E-state index contributed by atoms with van der Waals surface area (Å²) in [4.78, 5) is 13.7. The van der Waals surface area contributed by atoms with Gasteiger partial charge in [0.25, 0.3) is 0 Å². The molecule has 0 fully saturated rings. The first-order chi connectivity index (χ1) is 13.9. The molecule has 0 aliphatic rings. The lowest BCUT2D eigenvalue weighted by molar-refractivity contribution is -0.113. The van der Waals surface area contributed by atoms with E-state index < -0.39 is 0 Å². The highest BCUT2D eigenvalue weighted by molar-refractivity contribution is 7.99. The zero-order valence-electron chi connectivity index (χ0n) is 17.1. The van der Waals surface area contributed by atoms with Gasteiger partial charge < -0.3 is 19.4 Å². The summed E-state index contributed by atoms with van der Waals surface area (Å²) in [5.41, 5.74) is 1.61. The van der Waals surface area contributed by atoms with Gasteiger partial charge in [-0.2, -0.15) is 0 Å². The third kappa shape index (κ3) is 4.91. The Morgan fingerprint density at radius 1 is 1.24 bits per heavy atom. The minimum absolute atomic E-state index is 0.163. The SMILES string of the molecule is COc1ccc(OC)c(NC(=O)CSc2nnc(-c3csc(C(C)C)c3)n2C)c1. The van der Waals surface area contributed by atoms with Crippen LogP contribution in [-0.2, 0) is 11.8 Å². The number of benzene rings is 1. The van der Waals surface area contributed by atoms with Gasteiger partial charge in [0.1, 0.15) is 11.5 Å². The number of hydrogen-bond acceptors (Lipinski definition) is 7. The van der Waals surface area contributed by atoms with Gasteiger partial charge in [-0.15, -0.1) is 21.5 Å². The number of nitrogens with zero attached hydrogens (tertiary/aromatic N) is 3. The third-order valence-corrected chi connectivity index (χ3v) is 6.55. The van der Waals surface area contributed by atoms with Gasteiger partial charge in [-0.25, -0.2) is 0 Å². The lowest BCUT2D eigenvalue weighted by Gasteiger charge is -2.11. The maximum absolute atomic E-state index is 12.4. The molecule has 0 aliphatic heterocycles. The number of thioether (sulfide) groups is 1. The summed E-state index contributed by atoms with van der Waals surface area (Å²) in [6.45, 7) is 4.34. The normalized spacial score (nSPS) is 11.0. The molecular weight excluding hydrogens is 408 g/mol. The van der Waals surface area contributed by atoms with Crippen molar-refractivity contribution < 1.29 is 14.3 Å². The average molecular weight is 433 g/mol. The van der Waals surface area contributed by atoms with Gasteiger partial charge in [0.05, 0.1) is 25.7 Å². The Bertz CT molecular complexity index is 998. The van der Waals surface area contributed by atoms with Gasteiger partial charge in [0, 0.05) is 28.9 Å². The molecule has 0 saturated heterocycles. The van der Waals surface area contributed by atoms with Crippen molar-refractivity contribution in [2.45, 2.75) is 24.9 Å². The summed E-state index contributed by atoms with van der Waals surface area (Å²) in [5.74, 6) is 2.53. The minimum Gasteiger partial charge on any atom is -0.497 e. The molecule has 7 nitrogen and oxygen atoms in total. The monoisotopic (exact) mass is 432 g/mol. The summed E-state index contributed by atoms with van der Waals surface area (Å²) in [6, 6.07) is 7.41. The number of aromatic nitrogens is 3. The van der Waals surface area contributed by atoms with Crippen LogP contribution in [0.1, 0.15) is 24.6 Å². The maximum Gasteiger partial charge on any atom is 0.234 e. The molecule has 154 valence electrons. The summed E-state index contributed by atoms with van der Waals surface area (Å²) in [6.07, 6.45) is 0. The van der Waals surface area contributed by atoms with Crippen LogP contribution in [-0.4, -0.2) is 40.6 Å². The van der Waals surface area contributed by atoms with E-state index in [1.165, 1.54) is 16.6 Å². The van der Waals surface area contributed by atoms with Crippen LogP contribution in [0.3, 0.4) is 0 Å². The fourth-order valence-electron chi connectivity index (χ4n) is 2.69. The average Bonchev–Trinajstić information content (AvgIpc) is 3.33. The summed E-state index contributed by atoms with van der Waals surface area (Å²) in [7, 11) is 5.04. The molecule has 0 atom stereocenters. The molecule has 2 aromatic heterocycles. The van der Waals surface area contributed by atoms with Crippen molar-refractivity contribution in [3.63, 3.8) is 0 Å². The zero-order valence-corrected chi connectivity index (χ0v) is 18.7. The first-order valence-corrected chi connectivity index (χ1v) is 10.9. The van der Waals surface area contributed by atoms with E-state index in [-0.39, 0.29) is 11.7 Å². The van der Waals surface area contributed by atoms with Crippen LogP contribution in [0.15, 0.2) is 34.8 Å². The van der Waals surface area contributed by atoms with Gasteiger partial charge in [-0.05, 0) is 24.1 Å². The van der Waals surface area contributed by atoms with Crippen molar-refractivity contribution in [1.29, 1.82) is 0 Å². The smallest absolute Gasteiger partial charge is 0.234 e. The Labute approximate surface area is 178 Å². The largest absolute Gasteiger partial charge is 0.497 e. The van der Waals surface area contributed by atoms with Crippen molar-refractivity contribution in [1.82, 2.24) is 14.8 Å². The first kappa shape index (κ1) is 21.2. The van der Waals surface area contributed by atoms with E-state index in [0.717, 1.165) is 11.4 Å². The molecule has 3 rings (SSSR count). The molecule has 0 saturated carbocycles. The molecule has 0 bridgehead atoms. The molecule has 1 amide bonds. The van der Waals surface area contributed by atoms with Crippen molar-refractivity contribution >= 4 is 34.7 Å². The van der Waals surface area contributed by atoms with Gasteiger partial charge in [0.2, 0.25) is 5.91 Å². The number of nitrogens with one attached hydrogen (secondary N) is 1. The second kappa shape index (κ2) is 9.32. The van der Waals surface area contributed by atoms with Gasteiger partial charge in [0.15, 0.2) is 11.0 Å². The highest BCUT2D eigenvalue weighted by Gasteiger charge is 2.16. The standard InChI is InChI=1S/C20H24N4O3S2/c1-12(2)17-8-13(10-28-17)19-22-23-20(24(19)3)29-11-18(25)21-15-9-14(26-4)6-7-16(15)27-5/h6-10,12H,11H2,1-5H3,(H,21,25). The van der Waals surface area contributed by atoms with Gasteiger partial charge in [-0.3, -0.25) is 4.79 Å². The fourth-order valence-corrected chi connectivity index (χ4v) is 4.31. The Balaban J connectivity index is 1.66. The van der Waals surface area contributed by atoms with Crippen molar-refractivity contribution in [3.8, 4) is 22.9 Å². The van der Waals surface area contributed by atoms with E-state index in [0.29, 0.717) is 28.3 Å². The molecule has 29 heavy (non-hydrogen) atoms. The van der Waals surface area contributed by atoms with Crippen LogP contribution in [0.25, 0.3) is 11.4 Å². The number of amides is 1. The van der Waals surface area contributed by atoms with E-state index in [2.05, 4.69) is 40.8 Å². The van der Waals surface area contributed by atoms with Crippen LogP contribution in [0.4, 0.5) is 5.69 Å². The van der Waals surface area contributed by atoms with E-state index in [4.69, 9.17) is 9.47 Å². The molecule has 1 N–H and O–H groups in total. The van der Waals surface area contributed by atoms with Crippen LogP contribution in [0.2, 0.25) is 0 Å². The number of methoxy groups -OCH3 is 2. The molecule has 3 aromatic rings. The second-order valence-electron chi connectivity index (χ2n) is 6.66. The lowest BCUT2D eigenvalue weighted by Crippen LogP contribution is -2.15. The molecule has 0 radical (unpaired) electrons. The second-order valence-corrected chi connectivity index (χ2v) is 8.55. The molecule has 2 heterocycles. The maximum atomic E-state index is 12.4. The number of thiophene rings is 1. The Morgan fingerprint density at radius 2 is 2.03 bits per heavy atom. The number of carbonyl (C=O) groups is 1. The molecule has 0 aliphatic carbocycles. The van der Waals surface area contributed by atoms with Gasteiger partial charge >= 0.3 is 0 Å². The topological polar surface area (TPSA) is 78.3 Å². The first-order valence-electron chi connectivity index (χ1n) is 9.05. The highest BCUT2D eigenvalue weighted by Crippen LogP contribution is 2.31. The number of hydrogen-bond donors (Lipinski definition) is 1. The third-order valence-electron chi connectivity index (χ3n) is 4.29. The van der Waals surface area contributed by atoms with Crippen LogP contribution >= 0.6 is 23.1 Å². The highest BCUT2D eigenvalue weighted by atomic mass is 32.2. The van der Waals surface area contributed by atoms with E-state index >= 15 is 0 Å². The van der Waals surface area contributed by atoms with Crippen LogP contribution in [0, 0.1) is 0 Å². The lowest BCUT2D eigenvalue weighted by atomic mass is 10.1. The molecule has 9 heteroatoms. The summed E-state index contributed by atoms with van der Waals surface area (Å²) >= 11 is 3.06. The van der Waals surface area contributed by atoms with E-state index in [1.54, 1.807) is 43.8 Å². The Hall–Kier alpha value is -2.52. The summed E-state index contributed by atoms with van der Waals surface area (Å²) < 4.78 is 12.4. The fraction of sp³-hybridized carbons (Fsp3) is 0.350. The van der Waals surface area contributed by atoms with Crippen molar-refractivity contribution in [3.05, 3.63) is 34.5 Å². The Kier molecular flexibility index (Phi) is 6.81. The zero-order chi connectivity index (χ0) is 21.0. The van der Waals surface area contributed by atoms with Crippen LogP contribution < -0.4 is 14.8 Å². The number of ether oxygens (including phenoxy) is 2. The van der Waals surface area contributed by atoms with E-state index in [1.807, 2.05) is 11.6 Å². The molecule has 0 spiro atoms. The minimum atomic E-state index is -0.163. The van der Waals surface area contributed by atoms with Gasteiger partial charge in [-0.1, -0.05) is 25.6 Å². The molecule has 0 unspecified atom stereocenters. The van der Waals surface area contributed by atoms with Crippen molar-refractivity contribution in [2.24, 2.45) is 7.05 Å². The van der Waals surface area contributed by atoms with Crippen LogP contribution in [0.5, 0.6) is 11.5 Å².